The molecule has 9 heteroatoms. The number of carbonyl (C=O) groups excluding carboxylic acids is 1. The van der Waals surface area contributed by atoms with Crippen molar-refractivity contribution in [2.24, 2.45) is 0 Å². The number of amides is 1. The van der Waals surface area contributed by atoms with Gasteiger partial charge >= 0.3 is 0 Å². The van der Waals surface area contributed by atoms with Crippen LogP contribution in [-0.2, 0) is 4.74 Å². The highest BCUT2D eigenvalue weighted by Gasteiger charge is 2.20. The third-order valence-corrected chi connectivity index (χ3v) is 6.05. The number of nitrogens with one attached hydrogen (secondary N) is 3. The number of anilines is 1. The van der Waals surface area contributed by atoms with E-state index in [2.05, 4.69) is 44.5 Å². The Bertz CT molecular complexity index is 1260. The Kier molecular flexibility index (Phi) is 5.48. The van der Waals surface area contributed by atoms with Crippen LogP contribution in [0.4, 0.5) is 5.95 Å². The predicted octanol–water partition coefficient (Wildman–Crippen LogP) is 3.39. The Balaban J connectivity index is 1.45. The van der Waals surface area contributed by atoms with E-state index in [1.54, 1.807) is 10.7 Å². The highest BCUT2D eigenvalue weighted by Crippen LogP contribution is 2.29. The standard InChI is InChI=1S/C23H27N7O2/c1-3-14(2)27-23-25-12-18-17(11-24-21(18)29-23)15-4-7-30-20(10-15)19(13-26-30)22(31)28-16-5-8-32-9-6-16/h4,7,10-14,16H,3,5-6,8-9H2,1-2H3,(H,28,31)(H2,24,25,27,29)/t14-/m0/s1. The highest BCUT2D eigenvalue weighted by atomic mass is 16.5. The molecule has 166 valence electrons. The van der Waals surface area contributed by atoms with Crippen LogP contribution in [0.3, 0.4) is 0 Å². The molecule has 0 unspecified atom stereocenters. The lowest BCUT2D eigenvalue weighted by atomic mass is 10.1. The van der Waals surface area contributed by atoms with E-state index in [0.717, 1.165) is 46.9 Å². The first-order chi connectivity index (χ1) is 15.6. The van der Waals surface area contributed by atoms with Crippen LogP contribution < -0.4 is 10.6 Å². The number of H-pyrrole nitrogens is 1. The SMILES string of the molecule is CC[C@H](C)Nc1ncc2c(-c3ccn4ncc(C(=O)NC5CCOCC5)c4c3)c[nH]c2n1. The third-order valence-electron chi connectivity index (χ3n) is 6.05. The van der Waals surface area contributed by atoms with Crippen molar-refractivity contribution < 1.29 is 9.53 Å². The highest BCUT2D eigenvalue weighted by molar-refractivity contribution is 6.02. The molecular formula is C23H27N7O2. The average Bonchev–Trinajstić information content (AvgIpc) is 3.43. The molecule has 3 N–H and O–H groups in total. The van der Waals surface area contributed by atoms with Crippen LogP contribution in [0.25, 0.3) is 27.7 Å². The first kappa shape index (κ1) is 20.4. The Morgan fingerprint density at radius 2 is 2.19 bits per heavy atom. The van der Waals surface area contributed by atoms with Crippen molar-refractivity contribution in [3.05, 3.63) is 42.5 Å². The van der Waals surface area contributed by atoms with E-state index < -0.39 is 0 Å². The molecular weight excluding hydrogens is 406 g/mol. The number of nitrogens with zero attached hydrogens (tertiary/aromatic N) is 4. The number of ether oxygens (including phenoxy) is 1. The number of rotatable bonds is 6. The second-order valence-corrected chi connectivity index (χ2v) is 8.28. The summed E-state index contributed by atoms with van der Waals surface area (Å²) in [6.07, 6.45) is 9.91. The number of hydrogen-bond donors (Lipinski definition) is 3. The fourth-order valence-electron chi connectivity index (χ4n) is 3.97. The summed E-state index contributed by atoms with van der Waals surface area (Å²) >= 11 is 0. The Morgan fingerprint density at radius 3 is 3.00 bits per heavy atom. The fraction of sp³-hybridized carbons (Fsp3) is 0.391. The van der Waals surface area contributed by atoms with E-state index in [1.165, 1.54) is 0 Å². The molecule has 1 atom stereocenters. The molecule has 5 rings (SSSR count). The van der Waals surface area contributed by atoms with Crippen LogP contribution >= 0.6 is 0 Å². The maximum absolute atomic E-state index is 12.9. The molecule has 4 aromatic rings. The lowest BCUT2D eigenvalue weighted by molar-refractivity contribution is 0.0697. The molecule has 5 heterocycles. The minimum absolute atomic E-state index is 0.105. The van der Waals surface area contributed by atoms with Crippen molar-refractivity contribution in [1.29, 1.82) is 0 Å². The molecule has 0 saturated carbocycles. The summed E-state index contributed by atoms with van der Waals surface area (Å²) in [7, 11) is 0. The Morgan fingerprint density at radius 1 is 1.34 bits per heavy atom. The molecule has 9 nitrogen and oxygen atoms in total. The van der Waals surface area contributed by atoms with Crippen molar-refractivity contribution in [3.63, 3.8) is 0 Å². The van der Waals surface area contributed by atoms with Crippen LogP contribution in [0.2, 0.25) is 0 Å². The largest absolute Gasteiger partial charge is 0.381 e. The van der Waals surface area contributed by atoms with Crippen molar-refractivity contribution in [2.45, 2.75) is 45.2 Å². The van der Waals surface area contributed by atoms with Gasteiger partial charge in [0.1, 0.15) is 5.65 Å². The molecule has 1 fully saturated rings. The normalized spacial score (nSPS) is 15.8. The molecule has 1 amide bonds. The number of hydrogen-bond acceptors (Lipinski definition) is 6. The summed E-state index contributed by atoms with van der Waals surface area (Å²) in [6.45, 7) is 5.58. The zero-order valence-corrected chi connectivity index (χ0v) is 18.3. The molecule has 1 saturated heterocycles. The van der Waals surface area contributed by atoms with E-state index in [0.29, 0.717) is 30.8 Å². The monoisotopic (exact) mass is 433 g/mol. The fourth-order valence-corrected chi connectivity index (χ4v) is 3.97. The number of pyridine rings is 1. The average molecular weight is 434 g/mol. The van der Waals surface area contributed by atoms with Gasteiger partial charge < -0.3 is 20.4 Å². The minimum atomic E-state index is -0.105. The van der Waals surface area contributed by atoms with E-state index in [4.69, 9.17) is 4.74 Å². The molecule has 0 radical (unpaired) electrons. The summed E-state index contributed by atoms with van der Waals surface area (Å²) in [6, 6.07) is 4.41. The van der Waals surface area contributed by atoms with Gasteiger partial charge in [-0.1, -0.05) is 6.92 Å². The first-order valence-electron chi connectivity index (χ1n) is 11.1. The first-order valence-corrected chi connectivity index (χ1v) is 11.1. The third kappa shape index (κ3) is 3.91. The van der Waals surface area contributed by atoms with E-state index in [9.17, 15) is 4.79 Å². The summed E-state index contributed by atoms with van der Waals surface area (Å²) in [5.41, 5.74) is 4.05. The van der Waals surface area contributed by atoms with Crippen molar-refractivity contribution in [3.8, 4) is 11.1 Å². The molecule has 0 aromatic carbocycles. The second-order valence-electron chi connectivity index (χ2n) is 8.28. The molecule has 4 aromatic heterocycles. The Hall–Kier alpha value is -3.46. The molecule has 32 heavy (non-hydrogen) atoms. The topological polar surface area (TPSA) is 109 Å². The number of carbonyl (C=O) groups is 1. The van der Waals surface area contributed by atoms with Crippen LogP contribution in [0.5, 0.6) is 0 Å². The van der Waals surface area contributed by atoms with E-state index in [1.807, 2.05) is 30.7 Å². The summed E-state index contributed by atoms with van der Waals surface area (Å²) in [4.78, 5) is 25.2. The van der Waals surface area contributed by atoms with Gasteiger partial charge in [0.15, 0.2) is 0 Å². The number of aromatic nitrogens is 5. The minimum Gasteiger partial charge on any atom is -0.381 e. The van der Waals surface area contributed by atoms with Gasteiger partial charge in [-0.3, -0.25) is 4.79 Å². The lowest BCUT2D eigenvalue weighted by Gasteiger charge is -2.22. The van der Waals surface area contributed by atoms with Gasteiger partial charge in [-0.15, -0.1) is 0 Å². The number of aromatic amines is 1. The zero-order chi connectivity index (χ0) is 22.1. The summed E-state index contributed by atoms with van der Waals surface area (Å²) in [5.74, 6) is 0.505. The zero-order valence-electron chi connectivity index (χ0n) is 18.3. The molecule has 0 bridgehead atoms. The van der Waals surface area contributed by atoms with Crippen molar-refractivity contribution in [2.75, 3.05) is 18.5 Å². The van der Waals surface area contributed by atoms with Crippen LogP contribution in [0.1, 0.15) is 43.5 Å². The van der Waals surface area contributed by atoms with Gasteiger partial charge in [0, 0.05) is 54.8 Å². The van der Waals surface area contributed by atoms with Gasteiger partial charge in [-0.2, -0.15) is 10.1 Å². The maximum Gasteiger partial charge on any atom is 0.255 e. The lowest BCUT2D eigenvalue weighted by Crippen LogP contribution is -2.38. The van der Waals surface area contributed by atoms with Crippen LogP contribution in [0, 0.1) is 0 Å². The second kappa shape index (κ2) is 8.58. The van der Waals surface area contributed by atoms with Crippen molar-refractivity contribution in [1.82, 2.24) is 29.9 Å². The molecule has 0 aliphatic carbocycles. The van der Waals surface area contributed by atoms with E-state index in [-0.39, 0.29) is 11.9 Å². The summed E-state index contributed by atoms with van der Waals surface area (Å²) < 4.78 is 7.11. The van der Waals surface area contributed by atoms with Crippen molar-refractivity contribution >= 4 is 28.4 Å². The Labute approximate surface area is 185 Å². The van der Waals surface area contributed by atoms with Gasteiger partial charge in [-0.05, 0) is 43.9 Å². The van der Waals surface area contributed by atoms with E-state index >= 15 is 0 Å². The quantitative estimate of drug-likeness (QED) is 0.430. The number of fused-ring (bicyclic) bond motifs is 2. The van der Waals surface area contributed by atoms with Crippen LogP contribution in [-0.4, -0.2) is 55.8 Å². The van der Waals surface area contributed by atoms with Crippen LogP contribution in [0.15, 0.2) is 36.9 Å². The van der Waals surface area contributed by atoms with Gasteiger partial charge in [-0.25, -0.2) is 9.50 Å². The molecule has 0 spiro atoms. The smallest absolute Gasteiger partial charge is 0.255 e. The molecule has 1 aliphatic rings. The van der Waals surface area contributed by atoms with Gasteiger partial charge in [0.2, 0.25) is 5.95 Å². The van der Waals surface area contributed by atoms with Gasteiger partial charge in [0.25, 0.3) is 5.91 Å². The summed E-state index contributed by atoms with van der Waals surface area (Å²) in [5, 5.41) is 11.7. The molecule has 1 aliphatic heterocycles. The van der Waals surface area contributed by atoms with Gasteiger partial charge in [0.05, 0.1) is 17.3 Å². The maximum atomic E-state index is 12.9. The predicted molar refractivity (Wildman–Crippen MR) is 123 cm³/mol.